The summed E-state index contributed by atoms with van der Waals surface area (Å²) in [4.78, 5) is 0. The quantitative estimate of drug-likeness (QED) is 0.164. The summed E-state index contributed by atoms with van der Waals surface area (Å²) in [6.45, 7) is 0. The Labute approximate surface area is 377 Å². The minimum Gasteiger partial charge on any atom is -0.309 e. The molecule has 64 heavy (non-hydrogen) atoms. The van der Waals surface area contributed by atoms with Crippen LogP contribution in [0.1, 0.15) is 0 Å². The molecule has 13 aromatic rings. The van der Waals surface area contributed by atoms with Gasteiger partial charge >= 0.3 is 0 Å². The third-order valence-electron chi connectivity index (χ3n) is 13.7. The van der Waals surface area contributed by atoms with E-state index in [1.165, 1.54) is 87.8 Å². The summed E-state index contributed by atoms with van der Waals surface area (Å²) in [6, 6.07) is 80.4. The first-order chi connectivity index (χ1) is 31.7. The molecule has 1 aliphatic carbocycles. The zero-order valence-electron chi connectivity index (χ0n) is 34.5. The molecule has 0 atom stereocenters. The van der Waals surface area contributed by atoms with Crippen molar-refractivity contribution in [3.8, 4) is 61.6 Å². The lowest BCUT2D eigenvalue weighted by molar-refractivity contribution is 1.09. The van der Waals surface area contributed by atoms with Gasteiger partial charge in [0.05, 0.1) is 44.5 Å². The lowest BCUT2D eigenvalue weighted by atomic mass is 9.79. The zero-order chi connectivity index (χ0) is 42.0. The van der Waals surface area contributed by atoms with Gasteiger partial charge in [-0.15, -0.1) is 0 Å². The van der Waals surface area contributed by atoms with Gasteiger partial charge in [0.15, 0.2) is 0 Å². The van der Waals surface area contributed by atoms with Crippen LogP contribution >= 0.6 is 15.9 Å². The Hall–Kier alpha value is -7.92. The molecule has 0 saturated heterocycles. The van der Waals surface area contributed by atoms with E-state index in [0.717, 1.165) is 43.7 Å². The van der Waals surface area contributed by atoms with Crippen LogP contribution < -0.4 is 0 Å². The molecule has 0 aliphatic heterocycles. The van der Waals surface area contributed by atoms with Gasteiger partial charge in [0, 0.05) is 42.5 Å². The fourth-order valence-corrected chi connectivity index (χ4v) is 11.4. The number of halogens is 1. The molecule has 0 bridgehead atoms. The molecule has 0 amide bonds. The van der Waals surface area contributed by atoms with Crippen molar-refractivity contribution >= 4 is 81.3 Å². The highest BCUT2D eigenvalue weighted by atomic mass is 79.9. The van der Waals surface area contributed by atoms with Crippen LogP contribution in [0.15, 0.2) is 223 Å². The van der Waals surface area contributed by atoms with Gasteiger partial charge in [0.25, 0.3) is 0 Å². The first-order valence-electron chi connectivity index (χ1n) is 21.9. The molecule has 298 valence electrons. The average molecular weight is 879 g/mol. The molecule has 4 heteroatoms. The van der Waals surface area contributed by atoms with Crippen LogP contribution in [-0.2, 0) is 0 Å². The van der Waals surface area contributed by atoms with E-state index in [1.807, 2.05) is 0 Å². The molecule has 1 aliphatic rings. The van der Waals surface area contributed by atoms with Crippen molar-refractivity contribution in [1.82, 2.24) is 13.7 Å². The molecule has 3 heterocycles. The minimum atomic E-state index is 1.04. The van der Waals surface area contributed by atoms with E-state index in [-0.39, 0.29) is 0 Å². The van der Waals surface area contributed by atoms with Crippen molar-refractivity contribution in [1.29, 1.82) is 0 Å². The second-order valence-corrected chi connectivity index (χ2v) is 17.9. The molecule has 3 aromatic heterocycles. The molecule has 14 rings (SSSR count). The fourth-order valence-electron chi connectivity index (χ4n) is 10.8. The molecule has 0 unspecified atom stereocenters. The number of para-hydroxylation sites is 4. The zero-order valence-corrected chi connectivity index (χ0v) is 36.1. The van der Waals surface area contributed by atoms with Crippen molar-refractivity contribution in [3.05, 3.63) is 223 Å². The van der Waals surface area contributed by atoms with Gasteiger partial charge in [-0.25, -0.2) is 0 Å². The first kappa shape index (κ1) is 35.7. The summed E-state index contributed by atoms with van der Waals surface area (Å²) in [6.07, 6.45) is 0. The van der Waals surface area contributed by atoms with E-state index in [1.54, 1.807) is 0 Å². The maximum Gasteiger partial charge on any atom is 0.0714 e. The SMILES string of the molecule is Brc1cc(-n2c3ccc(-c4ccc5c(c4)-c4ccccc4-5)cc3c3cc(-n4c5ccccc5c5ccccc54)ccc32)c(-n2c3ccccc3c3ccccc32)cc1-c1ccccc1. The number of hydrogen-bond acceptors (Lipinski definition) is 0. The predicted octanol–water partition coefficient (Wildman–Crippen LogP) is 16.7. The third-order valence-corrected chi connectivity index (χ3v) is 14.3. The van der Waals surface area contributed by atoms with Crippen LogP contribution in [0, 0.1) is 0 Å². The van der Waals surface area contributed by atoms with E-state index in [0.29, 0.717) is 0 Å². The van der Waals surface area contributed by atoms with E-state index < -0.39 is 0 Å². The first-order valence-corrected chi connectivity index (χ1v) is 22.7. The molecular weight excluding hydrogens is 843 g/mol. The highest BCUT2D eigenvalue weighted by Crippen LogP contribution is 2.49. The predicted molar refractivity (Wildman–Crippen MR) is 272 cm³/mol. The smallest absolute Gasteiger partial charge is 0.0714 e. The lowest BCUT2D eigenvalue weighted by Crippen LogP contribution is -2.04. The Morgan fingerprint density at radius 2 is 0.688 bits per heavy atom. The summed E-state index contributed by atoms with van der Waals surface area (Å²) in [7, 11) is 0. The Kier molecular flexibility index (Phi) is 7.54. The second-order valence-electron chi connectivity index (χ2n) is 17.0. The Morgan fingerprint density at radius 3 is 1.31 bits per heavy atom. The van der Waals surface area contributed by atoms with Gasteiger partial charge in [-0.05, 0) is 117 Å². The standard InChI is InChI=1S/C60H36BrN3/c61-52-36-60(59(35-48(52)37-14-2-1-3-15-37)63-55-24-12-8-20-46(55)47-21-9-13-25-56(47)63)64-57-30-27-39(38-26-29-43-41-16-4-5-17-42(41)49(43)32-38)33-50(57)51-34-40(28-31-58(51)64)62-53-22-10-6-18-44(53)45-19-7-11-23-54(45)62/h1-36H. The van der Waals surface area contributed by atoms with Crippen LogP contribution in [0.5, 0.6) is 0 Å². The Morgan fingerprint density at radius 1 is 0.250 bits per heavy atom. The Bertz CT molecular complexity index is 3980. The molecular formula is C60H36BrN3. The van der Waals surface area contributed by atoms with E-state index in [4.69, 9.17) is 0 Å². The number of hydrogen-bond donors (Lipinski definition) is 0. The number of benzene rings is 10. The normalized spacial score (nSPS) is 12.1. The monoisotopic (exact) mass is 877 g/mol. The molecule has 3 nitrogen and oxygen atoms in total. The fraction of sp³-hybridized carbons (Fsp3) is 0. The van der Waals surface area contributed by atoms with Crippen LogP contribution in [-0.4, -0.2) is 13.7 Å². The van der Waals surface area contributed by atoms with Crippen LogP contribution in [0.4, 0.5) is 0 Å². The number of aromatic nitrogens is 3. The molecule has 0 N–H and O–H groups in total. The second kappa shape index (κ2) is 13.5. The Balaban J connectivity index is 1.08. The van der Waals surface area contributed by atoms with Gasteiger partial charge in [-0.2, -0.15) is 0 Å². The number of fused-ring (bicyclic) bond motifs is 13. The van der Waals surface area contributed by atoms with E-state index in [9.17, 15) is 0 Å². The number of nitrogens with zero attached hydrogens (tertiary/aromatic N) is 3. The highest BCUT2D eigenvalue weighted by Gasteiger charge is 2.25. The van der Waals surface area contributed by atoms with E-state index >= 15 is 0 Å². The molecule has 0 spiro atoms. The van der Waals surface area contributed by atoms with E-state index in [2.05, 4.69) is 248 Å². The lowest BCUT2D eigenvalue weighted by Gasteiger charge is -2.24. The van der Waals surface area contributed by atoms with Gasteiger partial charge < -0.3 is 13.7 Å². The molecule has 0 radical (unpaired) electrons. The van der Waals surface area contributed by atoms with Crippen molar-refractivity contribution in [3.63, 3.8) is 0 Å². The summed E-state index contributed by atoms with van der Waals surface area (Å²) >= 11 is 4.12. The molecule has 0 fully saturated rings. The summed E-state index contributed by atoms with van der Waals surface area (Å²) in [5.74, 6) is 0. The van der Waals surface area contributed by atoms with Crippen LogP contribution in [0.3, 0.4) is 0 Å². The van der Waals surface area contributed by atoms with Crippen molar-refractivity contribution < 1.29 is 0 Å². The maximum atomic E-state index is 4.12. The average Bonchev–Trinajstić information content (AvgIpc) is 3.98. The third kappa shape index (κ3) is 5.03. The number of rotatable bonds is 5. The van der Waals surface area contributed by atoms with Crippen LogP contribution in [0.2, 0.25) is 0 Å². The van der Waals surface area contributed by atoms with Crippen molar-refractivity contribution in [2.24, 2.45) is 0 Å². The van der Waals surface area contributed by atoms with Crippen molar-refractivity contribution in [2.75, 3.05) is 0 Å². The van der Waals surface area contributed by atoms with Gasteiger partial charge in [-0.3, -0.25) is 0 Å². The molecule has 10 aromatic carbocycles. The van der Waals surface area contributed by atoms with Crippen LogP contribution in [0.25, 0.3) is 127 Å². The van der Waals surface area contributed by atoms with Gasteiger partial charge in [0.1, 0.15) is 0 Å². The largest absolute Gasteiger partial charge is 0.309 e. The minimum absolute atomic E-state index is 1.04. The summed E-state index contributed by atoms with van der Waals surface area (Å²) < 4.78 is 8.43. The highest BCUT2D eigenvalue weighted by molar-refractivity contribution is 9.10. The van der Waals surface area contributed by atoms with Gasteiger partial charge in [0.2, 0.25) is 0 Å². The molecule has 0 saturated carbocycles. The van der Waals surface area contributed by atoms with Gasteiger partial charge in [-0.1, -0.05) is 162 Å². The summed E-state index contributed by atoms with van der Waals surface area (Å²) in [5, 5.41) is 7.37. The topological polar surface area (TPSA) is 14.8 Å². The maximum absolute atomic E-state index is 4.12. The van der Waals surface area contributed by atoms with Crippen molar-refractivity contribution in [2.45, 2.75) is 0 Å². The summed E-state index contributed by atoms with van der Waals surface area (Å²) in [5.41, 5.74) is 20.4.